The van der Waals surface area contributed by atoms with Crippen LogP contribution in [0.25, 0.3) is 0 Å². The van der Waals surface area contributed by atoms with Crippen LogP contribution in [-0.2, 0) is 10.8 Å². The summed E-state index contributed by atoms with van der Waals surface area (Å²) in [5.74, 6) is 0. The van der Waals surface area contributed by atoms with E-state index in [2.05, 4.69) is 46.0 Å². The van der Waals surface area contributed by atoms with E-state index in [4.69, 9.17) is 10.2 Å². The molecule has 1 aromatic rings. The average Bonchev–Trinajstić information content (AvgIpc) is 2.16. The third-order valence-corrected chi connectivity index (χ3v) is 8.04. The quantitative estimate of drug-likeness (QED) is 0.656. The largest absolute Gasteiger partial charge is 0.402 e. The summed E-state index contributed by atoms with van der Waals surface area (Å²) in [7, 11) is -1.75. The Hall–Kier alpha value is -0.643. The highest BCUT2D eigenvalue weighted by atomic mass is 28.4. The molecule has 0 radical (unpaired) electrons. The third kappa shape index (κ3) is 4.26. The van der Waals surface area contributed by atoms with Crippen molar-refractivity contribution >= 4 is 8.32 Å². The summed E-state index contributed by atoms with van der Waals surface area (Å²) in [5.41, 5.74) is 7.34. The second-order valence-corrected chi connectivity index (χ2v) is 10.9. The molecule has 0 bridgehead atoms. The molecular formula is C14H25NOSi. The monoisotopic (exact) mass is 251 g/mol. The number of rotatable bonds is 4. The van der Waals surface area contributed by atoms with Crippen LogP contribution >= 0.6 is 0 Å². The van der Waals surface area contributed by atoms with Crippen LogP contribution in [0.3, 0.4) is 0 Å². The Morgan fingerprint density at radius 2 is 1.71 bits per heavy atom. The minimum atomic E-state index is -1.75. The van der Waals surface area contributed by atoms with Gasteiger partial charge in [-0.1, -0.05) is 51.1 Å². The number of benzene rings is 1. The summed E-state index contributed by atoms with van der Waals surface area (Å²) in [6, 6.07) is 10.3. The van der Waals surface area contributed by atoms with Gasteiger partial charge >= 0.3 is 0 Å². The molecule has 0 saturated carbocycles. The van der Waals surface area contributed by atoms with E-state index >= 15 is 0 Å². The van der Waals surface area contributed by atoms with Crippen LogP contribution in [-0.4, -0.2) is 14.5 Å². The molecule has 3 heteroatoms. The zero-order valence-corrected chi connectivity index (χ0v) is 12.7. The van der Waals surface area contributed by atoms with Crippen molar-refractivity contribution in [2.24, 2.45) is 5.73 Å². The molecule has 0 amide bonds. The summed E-state index contributed by atoms with van der Waals surface area (Å²) in [6.07, 6.45) is 0.589. The van der Waals surface area contributed by atoms with Crippen molar-refractivity contribution in [3.8, 4) is 0 Å². The summed E-state index contributed by atoms with van der Waals surface area (Å²) in [6.45, 7) is 11.2. The lowest BCUT2D eigenvalue weighted by Gasteiger charge is -2.38. The SMILES string of the molecule is CC(C)(C)[Si](C)(C)O[C@@H](N)Cc1ccccc1. The van der Waals surface area contributed by atoms with Crippen LogP contribution in [0.2, 0.25) is 18.1 Å². The first-order valence-corrected chi connectivity index (χ1v) is 9.10. The van der Waals surface area contributed by atoms with E-state index in [9.17, 15) is 0 Å². The van der Waals surface area contributed by atoms with Gasteiger partial charge in [0.05, 0.1) is 6.23 Å². The Balaban J connectivity index is 2.59. The molecule has 2 N–H and O–H groups in total. The van der Waals surface area contributed by atoms with Gasteiger partial charge in [-0.3, -0.25) is 0 Å². The number of nitrogens with two attached hydrogens (primary N) is 1. The lowest BCUT2D eigenvalue weighted by Crippen LogP contribution is -2.47. The van der Waals surface area contributed by atoms with Gasteiger partial charge in [0.25, 0.3) is 0 Å². The molecule has 2 nitrogen and oxygen atoms in total. The van der Waals surface area contributed by atoms with E-state index < -0.39 is 8.32 Å². The number of hydrogen-bond donors (Lipinski definition) is 1. The maximum absolute atomic E-state index is 6.12. The predicted octanol–water partition coefficient (Wildman–Crippen LogP) is 3.54. The van der Waals surface area contributed by atoms with E-state index in [1.807, 2.05) is 18.2 Å². The maximum Gasteiger partial charge on any atom is 0.194 e. The molecule has 0 aliphatic carbocycles. The molecule has 0 heterocycles. The fourth-order valence-corrected chi connectivity index (χ4v) is 2.64. The molecule has 1 rings (SSSR count). The Morgan fingerprint density at radius 3 is 2.18 bits per heavy atom. The minimum Gasteiger partial charge on any atom is -0.402 e. The molecule has 17 heavy (non-hydrogen) atoms. The van der Waals surface area contributed by atoms with Gasteiger partial charge in [0.1, 0.15) is 0 Å². The lowest BCUT2D eigenvalue weighted by molar-refractivity contribution is 0.188. The Labute approximate surface area is 106 Å². The Bertz CT molecular complexity index is 343. The van der Waals surface area contributed by atoms with Crippen LogP contribution in [0.4, 0.5) is 0 Å². The van der Waals surface area contributed by atoms with Gasteiger partial charge in [-0.2, -0.15) is 0 Å². The van der Waals surface area contributed by atoms with Gasteiger partial charge in [-0.25, -0.2) is 0 Å². The molecule has 0 aliphatic rings. The second-order valence-electron chi connectivity index (χ2n) is 6.11. The smallest absolute Gasteiger partial charge is 0.194 e. The standard InChI is InChI=1S/C14H25NOSi/c1-14(2,3)17(4,5)16-13(15)11-12-9-7-6-8-10-12/h6-10,13H,11,15H2,1-5H3/t13-/m1/s1. The summed E-state index contributed by atoms with van der Waals surface area (Å²) >= 11 is 0. The predicted molar refractivity (Wildman–Crippen MR) is 76.4 cm³/mol. The van der Waals surface area contributed by atoms with Crippen molar-refractivity contribution in [1.82, 2.24) is 0 Å². The molecule has 0 aliphatic heterocycles. The summed E-state index contributed by atoms with van der Waals surface area (Å²) in [4.78, 5) is 0. The van der Waals surface area contributed by atoms with Crippen LogP contribution in [0, 0.1) is 0 Å². The molecule has 0 unspecified atom stereocenters. The molecule has 0 fully saturated rings. The third-order valence-electron chi connectivity index (χ3n) is 3.53. The second kappa shape index (κ2) is 5.34. The van der Waals surface area contributed by atoms with E-state index in [1.54, 1.807) is 0 Å². The highest BCUT2D eigenvalue weighted by Crippen LogP contribution is 2.37. The van der Waals surface area contributed by atoms with E-state index in [1.165, 1.54) is 5.56 Å². The molecule has 0 spiro atoms. The van der Waals surface area contributed by atoms with Gasteiger partial charge < -0.3 is 10.2 Å². The first-order chi connectivity index (χ1) is 7.72. The van der Waals surface area contributed by atoms with Crippen molar-refractivity contribution in [1.29, 1.82) is 0 Å². The van der Waals surface area contributed by atoms with Gasteiger partial charge in [-0.15, -0.1) is 0 Å². The highest BCUT2D eigenvalue weighted by Gasteiger charge is 2.38. The first-order valence-electron chi connectivity index (χ1n) is 6.20. The Kier molecular flexibility index (Phi) is 4.53. The molecule has 0 aromatic heterocycles. The van der Waals surface area contributed by atoms with Crippen LogP contribution < -0.4 is 5.73 Å². The maximum atomic E-state index is 6.12. The molecular weight excluding hydrogens is 226 g/mol. The van der Waals surface area contributed by atoms with Crippen molar-refractivity contribution in [3.05, 3.63) is 35.9 Å². The molecule has 1 atom stereocenters. The normalized spacial score (nSPS) is 14.7. The van der Waals surface area contributed by atoms with Crippen molar-refractivity contribution in [3.63, 3.8) is 0 Å². The topological polar surface area (TPSA) is 35.2 Å². The molecule has 0 saturated heterocycles. The molecule has 1 aromatic carbocycles. The van der Waals surface area contributed by atoms with Crippen molar-refractivity contribution in [2.45, 2.75) is 51.6 Å². The lowest BCUT2D eigenvalue weighted by atomic mass is 10.1. The van der Waals surface area contributed by atoms with Gasteiger partial charge in [0.2, 0.25) is 0 Å². The van der Waals surface area contributed by atoms with Gasteiger partial charge in [0.15, 0.2) is 8.32 Å². The van der Waals surface area contributed by atoms with Crippen LogP contribution in [0.5, 0.6) is 0 Å². The minimum absolute atomic E-state index is 0.196. The van der Waals surface area contributed by atoms with E-state index in [-0.39, 0.29) is 11.3 Å². The van der Waals surface area contributed by atoms with E-state index in [0.717, 1.165) is 6.42 Å². The fraction of sp³-hybridized carbons (Fsp3) is 0.571. The van der Waals surface area contributed by atoms with Crippen molar-refractivity contribution in [2.75, 3.05) is 0 Å². The highest BCUT2D eigenvalue weighted by molar-refractivity contribution is 6.74. The first kappa shape index (κ1) is 14.4. The van der Waals surface area contributed by atoms with Gasteiger partial charge in [-0.05, 0) is 23.7 Å². The van der Waals surface area contributed by atoms with Crippen molar-refractivity contribution < 1.29 is 4.43 Å². The number of hydrogen-bond acceptors (Lipinski definition) is 2. The van der Waals surface area contributed by atoms with E-state index in [0.29, 0.717) is 0 Å². The zero-order valence-electron chi connectivity index (χ0n) is 11.7. The molecule has 96 valence electrons. The summed E-state index contributed by atoms with van der Waals surface area (Å²) < 4.78 is 6.12. The summed E-state index contributed by atoms with van der Waals surface area (Å²) in [5, 5.41) is 0.210. The average molecular weight is 251 g/mol. The zero-order chi connectivity index (χ0) is 13.1. The van der Waals surface area contributed by atoms with Crippen LogP contribution in [0.1, 0.15) is 26.3 Å². The van der Waals surface area contributed by atoms with Gasteiger partial charge in [0, 0.05) is 6.42 Å². The Morgan fingerprint density at radius 1 is 1.18 bits per heavy atom. The van der Waals surface area contributed by atoms with Crippen LogP contribution in [0.15, 0.2) is 30.3 Å². The fourth-order valence-electron chi connectivity index (χ4n) is 1.44.